The highest BCUT2D eigenvalue weighted by molar-refractivity contribution is 8.13. The summed E-state index contributed by atoms with van der Waals surface area (Å²) in [5.41, 5.74) is 0. The van der Waals surface area contributed by atoms with Gasteiger partial charge in [-0.3, -0.25) is 9.59 Å². The number of unbranched alkanes of at least 4 members (excludes halogenated alkanes) is 8. The molecule has 29 heavy (non-hydrogen) atoms. The maximum Gasteiger partial charge on any atom is 0.306 e. The molecule has 1 amide bonds. The number of rotatable bonds is 18. The smallest absolute Gasteiger partial charge is 0.306 e. The summed E-state index contributed by atoms with van der Waals surface area (Å²) in [6.45, 7) is 5.46. The molecule has 0 rings (SSSR count). The second-order valence-corrected chi connectivity index (χ2v) is 8.85. The fourth-order valence-corrected chi connectivity index (χ4v) is 3.49. The minimum Gasteiger partial charge on any atom is -0.461 e. The summed E-state index contributed by atoms with van der Waals surface area (Å²) in [6.07, 6.45) is 15.8. The summed E-state index contributed by atoms with van der Waals surface area (Å²) in [5.74, 6) is 0.709. The van der Waals surface area contributed by atoms with Crippen molar-refractivity contribution in [3.8, 4) is 0 Å². The molecule has 0 saturated carbocycles. The molecule has 0 aromatic carbocycles. The van der Waals surface area contributed by atoms with Crippen LogP contribution in [0.5, 0.6) is 0 Å². The second kappa shape index (κ2) is 20.3. The summed E-state index contributed by atoms with van der Waals surface area (Å²) < 4.78 is 5.22. The molecule has 0 aliphatic rings. The molecule has 0 spiro atoms. The van der Waals surface area contributed by atoms with Crippen molar-refractivity contribution in [2.75, 3.05) is 33.0 Å². The molecule has 1 N–H and O–H groups in total. The Labute approximate surface area is 183 Å². The number of ether oxygens (including phenoxy) is 1. The number of hydrogen-bond acceptors (Lipinski definition) is 5. The number of esters is 1. The first-order valence-corrected chi connectivity index (χ1v) is 12.3. The van der Waals surface area contributed by atoms with Gasteiger partial charge >= 0.3 is 5.97 Å². The third-order valence-electron chi connectivity index (χ3n) is 4.90. The van der Waals surface area contributed by atoms with Crippen LogP contribution in [0.15, 0.2) is 12.2 Å². The normalized spacial score (nSPS) is 12.4. The third kappa shape index (κ3) is 20.1. The quantitative estimate of drug-likeness (QED) is 0.170. The molecule has 0 aliphatic carbocycles. The molecule has 6 heteroatoms. The second-order valence-electron chi connectivity index (χ2n) is 7.86. The zero-order chi connectivity index (χ0) is 21.7. The van der Waals surface area contributed by atoms with Crippen molar-refractivity contribution < 1.29 is 14.3 Å². The van der Waals surface area contributed by atoms with E-state index < -0.39 is 0 Å². The third-order valence-corrected chi connectivity index (χ3v) is 5.95. The van der Waals surface area contributed by atoms with Crippen LogP contribution in [0.4, 0.5) is 4.79 Å². The Kier molecular flexibility index (Phi) is 19.6. The lowest BCUT2D eigenvalue weighted by Crippen LogP contribution is -2.29. The summed E-state index contributed by atoms with van der Waals surface area (Å²) in [7, 11) is 4.05. The molecular weight excluding hydrogens is 384 g/mol. The Balaban J connectivity index is 3.40. The summed E-state index contributed by atoms with van der Waals surface area (Å²) in [6, 6.07) is 0.393. The lowest BCUT2D eigenvalue weighted by atomic mass is 10.1. The van der Waals surface area contributed by atoms with Gasteiger partial charge in [0.1, 0.15) is 6.61 Å². The van der Waals surface area contributed by atoms with Crippen LogP contribution in [0.2, 0.25) is 0 Å². The number of carbonyl (C=O) groups is 2. The number of thioether (sulfide) groups is 1. The zero-order valence-electron chi connectivity index (χ0n) is 19.2. The summed E-state index contributed by atoms with van der Waals surface area (Å²) in [5, 5.41) is 3.02. The van der Waals surface area contributed by atoms with Crippen molar-refractivity contribution in [2.45, 2.75) is 90.5 Å². The molecule has 0 bridgehead atoms. The lowest BCUT2D eigenvalue weighted by molar-refractivity contribution is -0.142. The van der Waals surface area contributed by atoms with E-state index in [1.54, 1.807) is 0 Å². The highest BCUT2D eigenvalue weighted by atomic mass is 32.2. The van der Waals surface area contributed by atoms with E-state index in [0.717, 1.165) is 50.8 Å². The minimum atomic E-state index is -0.100. The van der Waals surface area contributed by atoms with Crippen molar-refractivity contribution in [1.82, 2.24) is 10.2 Å². The predicted molar refractivity (Wildman–Crippen MR) is 126 cm³/mol. The van der Waals surface area contributed by atoms with Crippen LogP contribution in [-0.2, 0) is 9.53 Å². The monoisotopic (exact) mass is 428 g/mol. The molecule has 0 heterocycles. The molecule has 5 nitrogen and oxygen atoms in total. The standard InChI is InChI=1S/C23H44N2O3S/c1-5-6-7-8-9-13-16-19-28-22(26)17-14-11-10-12-15-18-24-23(27)29-20-21(2)25(3)4/h13,16,21H,5-12,14-15,17-20H2,1-4H3,(H,24,27)/b16-13-/t21-/m1/s1. The average Bonchev–Trinajstić information content (AvgIpc) is 2.69. The van der Waals surface area contributed by atoms with Crippen LogP contribution in [0, 0.1) is 0 Å². The van der Waals surface area contributed by atoms with E-state index in [0.29, 0.717) is 19.1 Å². The van der Waals surface area contributed by atoms with Gasteiger partial charge in [0.15, 0.2) is 0 Å². The molecule has 0 saturated heterocycles. The van der Waals surface area contributed by atoms with E-state index in [-0.39, 0.29) is 11.2 Å². The SMILES string of the molecule is CCCCCC/C=C\COC(=O)CCCCCCCNC(=O)SC[C@@H](C)N(C)C. The Morgan fingerprint density at radius 2 is 1.69 bits per heavy atom. The lowest BCUT2D eigenvalue weighted by Gasteiger charge is -2.18. The van der Waals surface area contributed by atoms with Gasteiger partial charge in [0.25, 0.3) is 5.24 Å². The van der Waals surface area contributed by atoms with Gasteiger partial charge in [-0.25, -0.2) is 0 Å². The summed E-state index contributed by atoms with van der Waals surface area (Å²) in [4.78, 5) is 25.5. The van der Waals surface area contributed by atoms with E-state index in [1.165, 1.54) is 37.4 Å². The van der Waals surface area contributed by atoms with Crippen LogP contribution in [0.1, 0.15) is 84.5 Å². The highest BCUT2D eigenvalue weighted by Gasteiger charge is 2.08. The van der Waals surface area contributed by atoms with Gasteiger partial charge in [-0.2, -0.15) is 0 Å². The van der Waals surface area contributed by atoms with Crippen molar-refractivity contribution in [1.29, 1.82) is 0 Å². The van der Waals surface area contributed by atoms with Crippen LogP contribution in [0.25, 0.3) is 0 Å². The molecule has 0 aromatic heterocycles. The van der Waals surface area contributed by atoms with E-state index >= 15 is 0 Å². The Bertz CT molecular complexity index is 442. The number of amides is 1. The van der Waals surface area contributed by atoms with E-state index in [2.05, 4.69) is 30.1 Å². The molecule has 0 radical (unpaired) electrons. The van der Waals surface area contributed by atoms with Crippen molar-refractivity contribution >= 4 is 23.0 Å². The Morgan fingerprint density at radius 3 is 2.41 bits per heavy atom. The van der Waals surface area contributed by atoms with E-state index in [9.17, 15) is 9.59 Å². The zero-order valence-corrected chi connectivity index (χ0v) is 20.0. The van der Waals surface area contributed by atoms with E-state index in [1.807, 2.05) is 20.2 Å². The Morgan fingerprint density at radius 1 is 1.00 bits per heavy atom. The average molecular weight is 429 g/mol. The van der Waals surface area contributed by atoms with Crippen LogP contribution in [0.3, 0.4) is 0 Å². The van der Waals surface area contributed by atoms with Gasteiger partial charge in [0.05, 0.1) is 0 Å². The highest BCUT2D eigenvalue weighted by Crippen LogP contribution is 2.09. The first-order chi connectivity index (χ1) is 14.0. The van der Waals surface area contributed by atoms with Crippen LogP contribution < -0.4 is 5.32 Å². The van der Waals surface area contributed by atoms with Gasteiger partial charge < -0.3 is 15.0 Å². The Hall–Kier alpha value is -1.01. The molecule has 0 aromatic rings. The van der Waals surface area contributed by atoms with Crippen LogP contribution >= 0.6 is 11.8 Å². The first-order valence-electron chi connectivity index (χ1n) is 11.3. The molecular formula is C23H44N2O3S. The minimum absolute atomic E-state index is 0.0662. The fraction of sp³-hybridized carbons (Fsp3) is 0.826. The number of nitrogens with zero attached hydrogens (tertiary/aromatic N) is 1. The molecule has 1 atom stereocenters. The predicted octanol–water partition coefficient (Wildman–Crippen LogP) is 5.79. The number of hydrogen-bond donors (Lipinski definition) is 1. The molecule has 170 valence electrons. The number of nitrogens with one attached hydrogen (secondary N) is 1. The van der Waals surface area contributed by atoms with Crippen molar-refractivity contribution in [2.24, 2.45) is 0 Å². The molecule has 0 unspecified atom stereocenters. The first kappa shape index (κ1) is 28.0. The van der Waals surface area contributed by atoms with Gasteiger partial charge in [0, 0.05) is 24.8 Å². The van der Waals surface area contributed by atoms with Gasteiger partial charge in [-0.1, -0.05) is 69.4 Å². The van der Waals surface area contributed by atoms with E-state index in [4.69, 9.17) is 4.74 Å². The van der Waals surface area contributed by atoms with Gasteiger partial charge in [-0.05, 0) is 46.7 Å². The molecule has 0 aliphatic heterocycles. The maximum atomic E-state index is 11.7. The largest absolute Gasteiger partial charge is 0.461 e. The number of allylic oxidation sites excluding steroid dienone is 1. The van der Waals surface area contributed by atoms with Gasteiger partial charge in [0.2, 0.25) is 0 Å². The van der Waals surface area contributed by atoms with Crippen LogP contribution in [-0.4, -0.2) is 55.2 Å². The van der Waals surface area contributed by atoms with Gasteiger partial charge in [-0.15, -0.1) is 0 Å². The van der Waals surface area contributed by atoms with Crippen molar-refractivity contribution in [3.63, 3.8) is 0 Å². The fourth-order valence-electron chi connectivity index (χ4n) is 2.60. The topological polar surface area (TPSA) is 58.6 Å². The summed E-state index contributed by atoms with van der Waals surface area (Å²) >= 11 is 1.35. The number of carbonyl (C=O) groups excluding carboxylic acids is 2. The molecule has 0 fully saturated rings. The van der Waals surface area contributed by atoms with Crippen molar-refractivity contribution in [3.05, 3.63) is 12.2 Å². The maximum absolute atomic E-state index is 11.7.